The maximum Gasteiger partial charge on any atom is 0.319 e. The summed E-state index contributed by atoms with van der Waals surface area (Å²) in [5.41, 5.74) is 2.17. The van der Waals surface area contributed by atoms with E-state index in [0.29, 0.717) is 6.61 Å². The highest BCUT2D eigenvalue weighted by molar-refractivity contribution is 8.00. The Balaban J connectivity index is 1.85. The zero-order valence-corrected chi connectivity index (χ0v) is 11.4. The van der Waals surface area contributed by atoms with Crippen LogP contribution in [0.1, 0.15) is 6.42 Å². The average Bonchev–Trinajstić information content (AvgIpc) is 2.99. The number of benzene rings is 1. The fourth-order valence-electron chi connectivity index (χ4n) is 2.09. The lowest BCUT2D eigenvalue weighted by Gasteiger charge is -2.07. The van der Waals surface area contributed by atoms with E-state index in [9.17, 15) is 4.79 Å². The summed E-state index contributed by atoms with van der Waals surface area (Å²) in [6.07, 6.45) is 2.61. The summed E-state index contributed by atoms with van der Waals surface area (Å²) in [5.74, 6) is -0.130. The molecule has 98 valence electrons. The molecule has 1 aliphatic heterocycles. The normalized spacial score (nSPS) is 18.6. The van der Waals surface area contributed by atoms with Gasteiger partial charge in [0.1, 0.15) is 5.25 Å². The highest BCUT2D eigenvalue weighted by atomic mass is 32.2. The molecule has 19 heavy (non-hydrogen) atoms. The second-order valence-corrected chi connectivity index (χ2v) is 5.58. The Hall–Kier alpha value is -1.75. The van der Waals surface area contributed by atoms with Gasteiger partial charge in [-0.1, -0.05) is 42.1 Å². The van der Waals surface area contributed by atoms with E-state index in [4.69, 9.17) is 4.74 Å². The van der Waals surface area contributed by atoms with E-state index in [1.807, 2.05) is 36.0 Å². The van der Waals surface area contributed by atoms with Gasteiger partial charge in [-0.25, -0.2) is 4.98 Å². The van der Waals surface area contributed by atoms with E-state index < -0.39 is 0 Å². The van der Waals surface area contributed by atoms with Crippen LogP contribution in [0.5, 0.6) is 0 Å². The van der Waals surface area contributed by atoms with Crippen LogP contribution in [0.25, 0.3) is 11.3 Å². The zero-order chi connectivity index (χ0) is 13.2. The van der Waals surface area contributed by atoms with Crippen molar-refractivity contribution in [2.24, 2.45) is 7.05 Å². The number of thioether (sulfide) groups is 1. The van der Waals surface area contributed by atoms with Gasteiger partial charge >= 0.3 is 5.97 Å². The summed E-state index contributed by atoms with van der Waals surface area (Å²) in [4.78, 5) is 15.9. The molecule has 5 heteroatoms. The number of ether oxygens (including phenoxy) is 1. The molecule has 0 spiro atoms. The lowest BCUT2D eigenvalue weighted by atomic mass is 10.2. The highest BCUT2D eigenvalue weighted by Gasteiger charge is 2.29. The predicted octanol–water partition coefficient (Wildman–Crippen LogP) is 2.49. The third-order valence-corrected chi connectivity index (χ3v) is 4.45. The molecule has 0 aliphatic carbocycles. The number of nitrogens with zero attached hydrogens (tertiary/aromatic N) is 2. The van der Waals surface area contributed by atoms with Crippen molar-refractivity contribution in [2.75, 3.05) is 6.61 Å². The van der Waals surface area contributed by atoms with Crippen LogP contribution in [0.2, 0.25) is 0 Å². The van der Waals surface area contributed by atoms with Gasteiger partial charge in [0.05, 0.1) is 18.5 Å². The van der Waals surface area contributed by atoms with Crippen molar-refractivity contribution < 1.29 is 9.53 Å². The van der Waals surface area contributed by atoms with Gasteiger partial charge in [0.15, 0.2) is 5.16 Å². The Morgan fingerprint density at radius 2 is 2.16 bits per heavy atom. The van der Waals surface area contributed by atoms with Gasteiger partial charge in [-0.05, 0) is 5.56 Å². The summed E-state index contributed by atoms with van der Waals surface area (Å²) < 4.78 is 6.99. The first-order valence-corrected chi connectivity index (χ1v) is 7.04. The lowest BCUT2D eigenvalue weighted by molar-refractivity contribution is -0.137. The number of imidazole rings is 1. The molecular weight excluding hydrogens is 260 g/mol. The van der Waals surface area contributed by atoms with Crippen LogP contribution in [0.15, 0.2) is 41.7 Å². The van der Waals surface area contributed by atoms with Crippen molar-refractivity contribution in [2.45, 2.75) is 16.8 Å². The maximum atomic E-state index is 11.5. The Bertz CT molecular complexity index is 595. The van der Waals surface area contributed by atoms with Crippen molar-refractivity contribution in [1.29, 1.82) is 0 Å². The van der Waals surface area contributed by atoms with Gasteiger partial charge in [-0.15, -0.1) is 0 Å². The van der Waals surface area contributed by atoms with Crippen molar-refractivity contribution in [3.63, 3.8) is 0 Å². The van der Waals surface area contributed by atoms with Gasteiger partial charge in [0.25, 0.3) is 0 Å². The molecule has 1 atom stereocenters. The van der Waals surface area contributed by atoms with Crippen molar-refractivity contribution >= 4 is 17.7 Å². The minimum absolute atomic E-state index is 0.121. The van der Waals surface area contributed by atoms with Crippen LogP contribution < -0.4 is 0 Å². The smallest absolute Gasteiger partial charge is 0.319 e. The Morgan fingerprint density at radius 1 is 1.37 bits per heavy atom. The minimum Gasteiger partial charge on any atom is -0.465 e. The van der Waals surface area contributed by atoms with Crippen LogP contribution in [0, 0.1) is 0 Å². The van der Waals surface area contributed by atoms with Crippen LogP contribution in [-0.2, 0) is 16.6 Å². The van der Waals surface area contributed by atoms with E-state index >= 15 is 0 Å². The first-order valence-electron chi connectivity index (χ1n) is 6.16. The molecular formula is C14H14N2O2S. The van der Waals surface area contributed by atoms with E-state index in [0.717, 1.165) is 22.8 Å². The first-order chi connectivity index (χ1) is 9.25. The van der Waals surface area contributed by atoms with E-state index in [2.05, 4.69) is 17.1 Å². The topological polar surface area (TPSA) is 44.1 Å². The van der Waals surface area contributed by atoms with Gasteiger partial charge in [-0.2, -0.15) is 0 Å². The maximum absolute atomic E-state index is 11.5. The number of rotatable bonds is 3. The van der Waals surface area contributed by atoms with Gasteiger partial charge in [0.2, 0.25) is 0 Å². The van der Waals surface area contributed by atoms with E-state index in [-0.39, 0.29) is 11.2 Å². The molecule has 0 N–H and O–H groups in total. The standard InChI is InChI=1S/C14H14N2O2S/c1-16-11(10-5-3-2-4-6-10)9-15-14(16)19-12-7-8-18-13(12)17/h2-6,9,12H,7-8H2,1H3. The second-order valence-electron chi connectivity index (χ2n) is 4.41. The Labute approximate surface area is 115 Å². The van der Waals surface area contributed by atoms with Crippen LogP contribution in [0.4, 0.5) is 0 Å². The molecule has 1 aromatic carbocycles. The fourth-order valence-corrected chi connectivity index (χ4v) is 3.09. The van der Waals surface area contributed by atoms with Gasteiger partial charge < -0.3 is 9.30 Å². The highest BCUT2D eigenvalue weighted by Crippen LogP contribution is 2.31. The quantitative estimate of drug-likeness (QED) is 0.807. The molecule has 0 radical (unpaired) electrons. The molecule has 0 saturated carbocycles. The fraction of sp³-hybridized carbons (Fsp3) is 0.286. The summed E-state index contributed by atoms with van der Waals surface area (Å²) in [6.45, 7) is 0.520. The van der Waals surface area contributed by atoms with Crippen molar-refractivity contribution in [1.82, 2.24) is 9.55 Å². The van der Waals surface area contributed by atoms with Crippen LogP contribution in [-0.4, -0.2) is 27.4 Å². The monoisotopic (exact) mass is 274 g/mol. The molecule has 1 unspecified atom stereocenters. The van der Waals surface area contributed by atoms with Crippen LogP contribution in [0.3, 0.4) is 0 Å². The SMILES string of the molecule is Cn1c(-c2ccccc2)cnc1SC1CCOC1=O. The Morgan fingerprint density at radius 3 is 2.84 bits per heavy atom. The Kier molecular flexibility index (Phi) is 3.29. The van der Waals surface area contributed by atoms with Crippen molar-refractivity contribution in [3.05, 3.63) is 36.5 Å². The summed E-state index contributed by atoms with van der Waals surface area (Å²) in [6, 6.07) is 10.1. The second kappa shape index (κ2) is 5.09. The number of hydrogen-bond donors (Lipinski definition) is 0. The van der Waals surface area contributed by atoms with Crippen molar-refractivity contribution in [3.8, 4) is 11.3 Å². The number of cyclic esters (lactones) is 1. The lowest BCUT2D eigenvalue weighted by Crippen LogP contribution is -2.10. The summed E-state index contributed by atoms with van der Waals surface area (Å²) in [7, 11) is 1.97. The number of esters is 1. The van der Waals surface area contributed by atoms with Gasteiger partial charge in [0, 0.05) is 13.5 Å². The molecule has 3 rings (SSSR count). The van der Waals surface area contributed by atoms with Crippen LogP contribution >= 0.6 is 11.8 Å². The predicted molar refractivity (Wildman–Crippen MR) is 73.9 cm³/mol. The number of carbonyl (C=O) groups excluding carboxylic acids is 1. The molecule has 1 fully saturated rings. The summed E-state index contributed by atoms with van der Waals surface area (Å²) >= 11 is 1.48. The van der Waals surface area contributed by atoms with E-state index in [1.54, 1.807) is 0 Å². The minimum atomic E-state index is -0.130. The molecule has 2 heterocycles. The number of aromatic nitrogens is 2. The first kappa shape index (κ1) is 12.3. The average molecular weight is 274 g/mol. The summed E-state index contributed by atoms with van der Waals surface area (Å²) in [5, 5.41) is 0.729. The largest absolute Gasteiger partial charge is 0.465 e. The van der Waals surface area contributed by atoms with E-state index in [1.165, 1.54) is 11.8 Å². The molecule has 1 saturated heterocycles. The molecule has 0 bridgehead atoms. The third kappa shape index (κ3) is 2.38. The molecule has 4 nitrogen and oxygen atoms in total. The number of carbonyl (C=O) groups is 1. The zero-order valence-electron chi connectivity index (χ0n) is 10.6. The molecule has 2 aromatic rings. The third-order valence-electron chi connectivity index (χ3n) is 3.15. The number of hydrogen-bond acceptors (Lipinski definition) is 4. The molecule has 0 amide bonds. The molecule has 1 aliphatic rings. The molecule has 1 aromatic heterocycles. The van der Waals surface area contributed by atoms with Gasteiger partial charge in [-0.3, -0.25) is 4.79 Å².